The Morgan fingerprint density at radius 2 is 1.76 bits per heavy atom. The molecule has 85 valence electrons. The molecule has 0 saturated carbocycles. The zero-order valence-electron chi connectivity index (χ0n) is 9.82. The zero-order valence-corrected chi connectivity index (χ0v) is 13.5. The van der Waals surface area contributed by atoms with Crippen LogP contribution in [0.4, 0.5) is 0 Å². The molecule has 0 aromatic heterocycles. The molecule has 3 heteroatoms. The maximum absolute atomic E-state index is 5.69. The Bertz CT molecular complexity index is 431. The number of ether oxygens (including phenoxy) is 1. The molecule has 0 aliphatic heterocycles. The van der Waals surface area contributed by atoms with Crippen molar-refractivity contribution in [3.05, 3.63) is 65.7 Å². The van der Waals surface area contributed by atoms with Gasteiger partial charge in [0, 0.05) is 19.5 Å². The molecule has 0 atom stereocenters. The summed E-state index contributed by atoms with van der Waals surface area (Å²) in [6.07, 6.45) is 0. The average molecular weight is 298 g/mol. The van der Waals surface area contributed by atoms with Crippen LogP contribution in [0.2, 0.25) is 0 Å². The number of hydrogen-bond acceptors (Lipinski definition) is 1. The second kappa shape index (κ2) is 8.27. The number of benzene rings is 2. The summed E-state index contributed by atoms with van der Waals surface area (Å²) in [7, 11) is 0. The van der Waals surface area contributed by atoms with Gasteiger partial charge in [0.25, 0.3) is 0 Å². The molecular weight excluding hydrogens is 285 g/mol. The van der Waals surface area contributed by atoms with Gasteiger partial charge in [0.2, 0.25) is 0 Å². The minimum atomic E-state index is 0. The Morgan fingerprint density at radius 1 is 1.06 bits per heavy atom. The molecule has 0 spiro atoms. The van der Waals surface area contributed by atoms with Crippen LogP contribution in [0.3, 0.4) is 0 Å². The van der Waals surface area contributed by atoms with Crippen molar-refractivity contribution in [3.8, 4) is 5.75 Å². The maximum Gasteiger partial charge on any atom is 0.122 e. The molecule has 0 saturated heterocycles. The average Bonchev–Trinajstić information content (AvgIpc) is 2.29. The van der Waals surface area contributed by atoms with Crippen LogP contribution in [-0.2, 0) is 26.1 Å². The standard InChI is InChI=1S/C14H13O.ClH.Zn/c1-12-7-5-6-10-14(12)15-11-13-8-3-2-4-9-13;;/h2-8,10H,11H2,1H3;1H;/p-1. The topological polar surface area (TPSA) is 9.23 Å². The largest absolute Gasteiger partial charge is 1.00 e. The molecule has 17 heavy (non-hydrogen) atoms. The van der Waals surface area contributed by atoms with E-state index in [1.165, 1.54) is 0 Å². The zero-order chi connectivity index (χ0) is 10.5. The number of rotatable bonds is 3. The van der Waals surface area contributed by atoms with E-state index >= 15 is 0 Å². The van der Waals surface area contributed by atoms with Crippen molar-refractivity contribution in [2.75, 3.05) is 0 Å². The first-order chi connectivity index (χ1) is 7.36. The molecule has 2 aromatic carbocycles. The fourth-order valence-corrected chi connectivity index (χ4v) is 1.39. The first kappa shape index (κ1) is 16.2. The van der Waals surface area contributed by atoms with Crippen LogP contribution in [0.25, 0.3) is 0 Å². The van der Waals surface area contributed by atoms with Gasteiger partial charge in [0.05, 0.1) is 0 Å². The normalized spacial score (nSPS) is 8.76. The van der Waals surface area contributed by atoms with Gasteiger partial charge in [-0.1, -0.05) is 42.5 Å². The Balaban J connectivity index is 0.00000128. The van der Waals surface area contributed by atoms with Crippen molar-refractivity contribution in [1.82, 2.24) is 0 Å². The van der Waals surface area contributed by atoms with Crippen molar-refractivity contribution >= 4 is 0 Å². The summed E-state index contributed by atoms with van der Waals surface area (Å²) < 4.78 is 5.69. The molecule has 0 bridgehead atoms. The van der Waals surface area contributed by atoms with Crippen molar-refractivity contribution in [2.45, 2.75) is 13.5 Å². The van der Waals surface area contributed by atoms with Gasteiger partial charge in [-0.15, -0.1) is 0 Å². The number of hydrogen-bond donors (Lipinski definition) is 0. The van der Waals surface area contributed by atoms with E-state index in [0.717, 1.165) is 16.9 Å². The van der Waals surface area contributed by atoms with Crippen molar-refractivity contribution in [3.63, 3.8) is 0 Å². The smallest absolute Gasteiger partial charge is 0.122 e. The van der Waals surface area contributed by atoms with Gasteiger partial charge < -0.3 is 17.1 Å². The predicted octanol–water partition coefficient (Wildman–Crippen LogP) is 0.376. The van der Waals surface area contributed by atoms with Gasteiger partial charge >= 0.3 is 0 Å². The van der Waals surface area contributed by atoms with E-state index in [2.05, 4.69) is 6.07 Å². The van der Waals surface area contributed by atoms with Crippen molar-refractivity contribution < 1.29 is 36.6 Å². The molecule has 0 amide bonds. The van der Waals surface area contributed by atoms with E-state index in [-0.39, 0.29) is 31.9 Å². The molecule has 0 N–H and O–H groups in total. The van der Waals surface area contributed by atoms with Crippen LogP contribution in [-0.4, -0.2) is 0 Å². The Morgan fingerprint density at radius 3 is 2.41 bits per heavy atom. The third-order valence-electron chi connectivity index (χ3n) is 2.25. The first-order valence-electron chi connectivity index (χ1n) is 5.00. The third kappa shape index (κ3) is 4.89. The molecule has 1 radical (unpaired) electrons. The Labute approximate surface area is 121 Å². The van der Waals surface area contributed by atoms with E-state index in [1.54, 1.807) is 0 Å². The minimum absolute atomic E-state index is 0. The summed E-state index contributed by atoms with van der Waals surface area (Å²) in [5.41, 5.74) is 2.23. The molecule has 0 aliphatic carbocycles. The SMILES string of the molecule is Cc1ccccc1OCc1[c]cccc1.[Cl-].[Zn]. The number of aryl methyl sites for hydroxylation is 1. The van der Waals surface area contributed by atoms with Crippen LogP contribution in [0.1, 0.15) is 11.1 Å². The second-order valence-electron chi connectivity index (χ2n) is 3.44. The molecule has 2 rings (SSSR count). The Kier molecular flexibility index (Phi) is 7.86. The van der Waals surface area contributed by atoms with E-state index in [4.69, 9.17) is 4.74 Å². The molecule has 0 fully saturated rings. The van der Waals surface area contributed by atoms with Crippen molar-refractivity contribution in [2.24, 2.45) is 0 Å². The van der Waals surface area contributed by atoms with E-state index in [9.17, 15) is 0 Å². The van der Waals surface area contributed by atoms with Gasteiger partial charge in [-0.3, -0.25) is 0 Å². The van der Waals surface area contributed by atoms with Gasteiger partial charge in [-0.25, -0.2) is 0 Å². The van der Waals surface area contributed by atoms with Crippen LogP contribution < -0.4 is 17.1 Å². The number of halogens is 1. The number of para-hydroxylation sites is 1. The molecule has 0 aliphatic rings. The fraction of sp³-hybridized carbons (Fsp3) is 0.143. The molecule has 2 aromatic rings. The molecular formula is C14H13ClOZn-. The van der Waals surface area contributed by atoms with Crippen molar-refractivity contribution in [1.29, 1.82) is 0 Å². The van der Waals surface area contributed by atoms with Crippen LogP contribution in [0.15, 0.2) is 48.5 Å². The summed E-state index contributed by atoms with van der Waals surface area (Å²) in [5.74, 6) is 0.940. The summed E-state index contributed by atoms with van der Waals surface area (Å²) in [5, 5.41) is 0. The van der Waals surface area contributed by atoms with Crippen LogP contribution >= 0.6 is 0 Å². The molecule has 0 unspecified atom stereocenters. The maximum atomic E-state index is 5.69. The summed E-state index contributed by atoms with van der Waals surface area (Å²) in [6, 6.07) is 19.0. The second-order valence-corrected chi connectivity index (χ2v) is 3.44. The van der Waals surface area contributed by atoms with E-state index in [0.29, 0.717) is 6.61 Å². The molecule has 0 heterocycles. The first-order valence-corrected chi connectivity index (χ1v) is 5.00. The monoisotopic (exact) mass is 296 g/mol. The minimum Gasteiger partial charge on any atom is -1.00 e. The van der Waals surface area contributed by atoms with Gasteiger partial charge in [0.1, 0.15) is 12.4 Å². The van der Waals surface area contributed by atoms with E-state index in [1.807, 2.05) is 55.5 Å². The van der Waals surface area contributed by atoms with Crippen LogP contribution in [0, 0.1) is 13.0 Å². The third-order valence-corrected chi connectivity index (χ3v) is 2.25. The summed E-state index contributed by atoms with van der Waals surface area (Å²) in [4.78, 5) is 0. The molecule has 1 nitrogen and oxygen atoms in total. The van der Waals surface area contributed by atoms with E-state index < -0.39 is 0 Å². The Hall–Kier alpha value is -0.847. The quantitative estimate of drug-likeness (QED) is 0.744. The summed E-state index contributed by atoms with van der Waals surface area (Å²) in [6.45, 7) is 2.62. The van der Waals surface area contributed by atoms with Crippen LogP contribution in [0.5, 0.6) is 5.75 Å². The van der Waals surface area contributed by atoms with Gasteiger partial charge in [0.15, 0.2) is 0 Å². The van der Waals surface area contributed by atoms with Gasteiger partial charge in [-0.05, 0) is 30.2 Å². The fourth-order valence-electron chi connectivity index (χ4n) is 1.39. The van der Waals surface area contributed by atoms with Gasteiger partial charge in [-0.2, -0.15) is 0 Å². The predicted molar refractivity (Wildman–Crippen MR) is 60.8 cm³/mol. The summed E-state index contributed by atoms with van der Waals surface area (Å²) >= 11 is 0.